The van der Waals surface area contributed by atoms with Gasteiger partial charge in [-0.2, -0.15) is 0 Å². The number of anilines is 1. The van der Waals surface area contributed by atoms with Gasteiger partial charge in [-0.25, -0.2) is 5.48 Å². The first-order valence-electron chi connectivity index (χ1n) is 10.8. The Kier molecular flexibility index (Phi) is 4.55. The first kappa shape index (κ1) is 18.9. The van der Waals surface area contributed by atoms with Gasteiger partial charge in [0.15, 0.2) is 0 Å². The summed E-state index contributed by atoms with van der Waals surface area (Å²) in [6, 6.07) is 8.40. The quantitative estimate of drug-likeness (QED) is 0.579. The third-order valence-corrected chi connectivity index (χ3v) is 7.59. The normalized spacial score (nSPS) is 30.5. The van der Waals surface area contributed by atoms with E-state index in [0.29, 0.717) is 25.6 Å². The van der Waals surface area contributed by atoms with Gasteiger partial charge in [-0.1, -0.05) is 18.2 Å². The Morgan fingerprint density at radius 2 is 2.00 bits per heavy atom. The van der Waals surface area contributed by atoms with E-state index in [2.05, 4.69) is 34.1 Å². The molecule has 5 rings (SSSR count). The highest BCUT2D eigenvalue weighted by atomic mass is 16.5. The monoisotopic (exact) mass is 398 g/mol. The number of piperazine rings is 1. The summed E-state index contributed by atoms with van der Waals surface area (Å²) in [6.45, 7) is 3.06. The van der Waals surface area contributed by atoms with Crippen molar-refractivity contribution in [1.82, 2.24) is 15.3 Å². The fraction of sp³-hybridized carbons (Fsp3) is 0.636. The molecule has 1 aromatic carbocycles. The van der Waals surface area contributed by atoms with Gasteiger partial charge in [0.25, 0.3) is 0 Å². The summed E-state index contributed by atoms with van der Waals surface area (Å²) in [5.74, 6) is -0.875. The Labute approximate surface area is 171 Å². The number of amides is 2. The number of para-hydroxylation sites is 1. The second-order valence-electron chi connectivity index (χ2n) is 9.45. The van der Waals surface area contributed by atoms with E-state index in [4.69, 9.17) is 0 Å². The molecule has 2 saturated heterocycles. The van der Waals surface area contributed by atoms with Crippen molar-refractivity contribution in [3.05, 3.63) is 29.8 Å². The summed E-state index contributed by atoms with van der Waals surface area (Å²) in [6.07, 6.45) is 4.99. The highest BCUT2D eigenvalue weighted by Crippen LogP contribution is 2.54. The molecule has 7 heteroatoms. The summed E-state index contributed by atoms with van der Waals surface area (Å²) < 4.78 is 0. The second kappa shape index (κ2) is 6.99. The van der Waals surface area contributed by atoms with Gasteiger partial charge in [0.05, 0.1) is 5.92 Å². The third kappa shape index (κ3) is 3.20. The standard InChI is InChI=1S/C22H30N4O3/c1-24-14-22(8-9-22)12-17(20(27)23-29)19(24)21(28)25-10-11-26-16(13-25)7-6-15-4-2-3-5-18(15)26/h2-5,16-17,19,29H,6-14H2,1H3,(H,23,27). The smallest absolute Gasteiger partial charge is 0.248 e. The minimum atomic E-state index is -0.490. The molecule has 1 aromatic rings. The Hall–Kier alpha value is -2.12. The number of carbonyl (C=O) groups is 2. The number of aryl methyl sites for hydroxylation is 1. The molecule has 4 aliphatic rings. The molecule has 2 N–H and O–H groups in total. The summed E-state index contributed by atoms with van der Waals surface area (Å²) in [5, 5.41) is 9.27. The van der Waals surface area contributed by atoms with E-state index in [1.807, 2.05) is 17.4 Å². The van der Waals surface area contributed by atoms with Crippen molar-refractivity contribution in [3.8, 4) is 0 Å². The van der Waals surface area contributed by atoms with Crippen molar-refractivity contribution in [2.24, 2.45) is 11.3 Å². The maximum atomic E-state index is 13.5. The zero-order chi connectivity index (χ0) is 20.2. The van der Waals surface area contributed by atoms with Crippen LogP contribution in [0.25, 0.3) is 0 Å². The number of carbonyl (C=O) groups excluding carboxylic acids is 2. The SMILES string of the molecule is CN1CC2(CC2)CC(C(=O)NO)C1C(=O)N1CCN2c3ccccc3CCC2C1. The lowest BCUT2D eigenvalue weighted by atomic mass is 9.80. The number of likely N-dealkylation sites (N-methyl/N-ethyl adjacent to an activating group) is 1. The van der Waals surface area contributed by atoms with Crippen LogP contribution in [0.5, 0.6) is 0 Å². The van der Waals surface area contributed by atoms with Gasteiger partial charge in [-0.3, -0.25) is 19.7 Å². The molecule has 3 unspecified atom stereocenters. The zero-order valence-corrected chi connectivity index (χ0v) is 17.0. The highest BCUT2D eigenvalue weighted by molar-refractivity contribution is 5.90. The van der Waals surface area contributed by atoms with E-state index in [9.17, 15) is 14.8 Å². The number of nitrogens with one attached hydrogen (secondary N) is 1. The zero-order valence-electron chi connectivity index (χ0n) is 17.0. The van der Waals surface area contributed by atoms with Gasteiger partial charge in [-0.05, 0) is 56.2 Å². The molecule has 2 amide bonds. The molecule has 0 aromatic heterocycles. The molecule has 7 nitrogen and oxygen atoms in total. The summed E-state index contributed by atoms with van der Waals surface area (Å²) in [5.41, 5.74) is 4.68. The van der Waals surface area contributed by atoms with Crippen LogP contribution in [0.3, 0.4) is 0 Å². The van der Waals surface area contributed by atoms with Crippen LogP contribution in [0.15, 0.2) is 24.3 Å². The van der Waals surface area contributed by atoms with E-state index in [-0.39, 0.29) is 11.3 Å². The fourth-order valence-corrected chi connectivity index (χ4v) is 5.93. The average Bonchev–Trinajstić information content (AvgIpc) is 3.49. The van der Waals surface area contributed by atoms with Crippen molar-refractivity contribution in [2.45, 2.75) is 44.2 Å². The molecular formula is C22H30N4O3. The maximum absolute atomic E-state index is 13.5. The van der Waals surface area contributed by atoms with E-state index >= 15 is 0 Å². The maximum Gasteiger partial charge on any atom is 0.248 e. The predicted octanol–water partition coefficient (Wildman–Crippen LogP) is 1.26. The highest BCUT2D eigenvalue weighted by Gasteiger charge is 2.55. The van der Waals surface area contributed by atoms with Crippen LogP contribution < -0.4 is 10.4 Å². The lowest BCUT2D eigenvalue weighted by Crippen LogP contribution is -2.63. The number of rotatable bonds is 2. The first-order valence-corrected chi connectivity index (χ1v) is 10.8. The molecular weight excluding hydrogens is 368 g/mol. The van der Waals surface area contributed by atoms with Crippen LogP contribution in [-0.2, 0) is 16.0 Å². The van der Waals surface area contributed by atoms with E-state index < -0.39 is 17.9 Å². The van der Waals surface area contributed by atoms with Crippen molar-refractivity contribution >= 4 is 17.5 Å². The van der Waals surface area contributed by atoms with E-state index in [0.717, 1.165) is 38.8 Å². The van der Waals surface area contributed by atoms with Crippen LogP contribution >= 0.6 is 0 Å². The number of hydrogen-bond acceptors (Lipinski definition) is 5. The van der Waals surface area contributed by atoms with Gasteiger partial charge < -0.3 is 9.80 Å². The number of benzene rings is 1. The molecule has 29 heavy (non-hydrogen) atoms. The number of piperidine rings is 1. The molecule has 3 atom stereocenters. The van der Waals surface area contributed by atoms with Gasteiger partial charge in [0, 0.05) is 37.9 Å². The van der Waals surface area contributed by atoms with Crippen LogP contribution in [0.1, 0.15) is 31.2 Å². The van der Waals surface area contributed by atoms with Crippen LogP contribution in [-0.4, -0.2) is 72.1 Å². The molecule has 1 aliphatic carbocycles. The minimum Gasteiger partial charge on any atom is -0.365 e. The van der Waals surface area contributed by atoms with Crippen molar-refractivity contribution < 1.29 is 14.8 Å². The number of hydrogen-bond donors (Lipinski definition) is 2. The summed E-state index contributed by atoms with van der Waals surface area (Å²) >= 11 is 0. The average molecular weight is 399 g/mol. The Bertz CT molecular complexity index is 824. The number of nitrogens with zero attached hydrogens (tertiary/aromatic N) is 3. The Balaban J connectivity index is 1.33. The summed E-state index contributed by atoms with van der Waals surface area (Å²) in [7, 11) is 1.95. The second-order valence-corrected chi connectivity index (χ2v) is 9.45. The lowest BCUT2D eigenvalue weighted by Gasteiger charge is -2.49. The molecule has 0 radical (unpaired) electrons. The fourth-order valence-electron chi connectivity index (χ4n) is 5.93. The third-order valence-electron chi connectivity index (χ3n) is 7.59. The molecule has 1 spiro atoms. The van der Waals surface area contributed by atoms with Crippen molar-refractivity contribution in [3.63, 3.8) is 0 Å². The van der Waals surface area contributed by atoms with Gasteiger partial charge in [0.1, 0.15) is 6.04 Å². The lowest BCUT2D eigenvalue weighted by molar-refractivity contribution is -0.151. The van der Waals surface area contributed by atoms with Crippen molar-refractivity contribution in [2.75, 3.05) is 38.1 Å². The van der Waals surface area contributed by atoms with Crippen LogP contribution in [0.4, 0.5) is 5.69 Å². The summed E-state index contributed by atoms with van der Waals surface area (Å²) in [4.78, 5) is 32.4. The van der Waals surface area contributed by atoms with Gasteiger partial charge in [0.2, 0.25) is 11.8 Å². The largest absolute Gasteiger partial charge is 0.365 e. The Morgan fingerprint density at radius 3 is 2.76 bits per heavy atom. The van der Waals surface area contributed by atoms with E-state index in [1.165, 1.54) is 11.3 Å². The van der Waals surface area contributed by atoms with Gasteiger partial charge in [-0.15, -0.1) is 0 Å². The predicted molar refractivity (Wildman–Crippen MR) is 109 cm³/mol. The first-order chi connectivity index (χ1) is 14.0. The van der Waals surface area contributed by atoms with Crippen LogP contribution in [0, 0.1) is 11.3 Å². The number of hydroxylamine groups is 1. The topological polar surface area (TPSA) is 76.1 Å². The Morgan fingerprint density at radius 1 is 1.21 bits per heavy atom. The van der Waals surface area contributed by atoms with Crippen LogP contribution in [0.2, 0.25) is 0 Å². The molecule has 156 valence electrons. The molecule has 0 bridgehead atoms. The number of fused-ring (bicyclic) bond motifs is 3. The van der Waals surface area contributed by atoms with Gasteiger partial charge >= 0.3 is 0 Å². The molecule has 3 fully saturated rings. The molecule has 3 heterocycles. The molecule has 1 saturated carbocycles. The van der Waals surface area contributed by atoms with Crippen molar-refractivity contribution in [1.29, 1.82) is 0 Å². The minimum absolute atomic E-state index is 0.0371. The number of likely N-dealkylation sites (tertiary alicyclic amines) is 1. The molecule has 3 aliphatic heterocycles. The van der Waals surface area contributed by atoms with E-state index in [1.54, 1.807) is 0 Å².